The largest absolute Gasteiger partial charge is 0.365 e. The number of nitrogens with one attached hydrogen (secondary N) is 2. The van der Waals surface area contributed by atoms with Gasteiger partial charge >= 0.3 is 0 Å². The summed E-state index contributed by atoms with van der Waals surface area (Å²) in [6.45, 7) is 5.02. The molecule has 2 aromatic rings. The third kappa shape index (κ3) is 5.42. The maximum Gasteiger partial charge on any atom is 0.191 e. The maximum absolute atomic E-state index is 14.0. The van der Waals surface area contributed by atoms with Crippen LogP contribution in [-0.4, -0.2) is 56.7 Å². The molecule has 1 aromatic heterocycles. The minimum Gasteiger partial charge on any atom is -0.365 e. The molecule has 2 aliphatic heterocycles. The summed E-state index contributed by atoms with van der Waals surface area (Å²) < 4.78 is 28.1. The average Bonchev–Trinajstić information content (AvgIpc) is 3.36. The van der Waals surface area contributed by atoms with Crippen LogP contribution in [0.2, 0.25) is 0 Å². The lowest BCUT2D eigenvalue weighted by Gasteiger charge is -2.27. The summed E-state index contributed by atoms with van der Waals surface area (Å²) in [6.07, 6.45) is 1.94. The van der Waals surface area contributed by atoms with Gasteiger partial charge in [0.25, 0.3) is 0 Å². The van der Waals surface area contributed by atoms with Crippen LogP contribution in [0.15, 0.2) is 34.6 Å². The third-order valence-electron chi connectivity index (χ3n) is 5.61. The van der Waals surface area contributed by atoms with Crippen LogP contribution in [0.3, 0.4) is 0 Å². The van der Waals surface area contributed by atoms with Crippen LogP contribution in [0.25, 0.3) is 0 Å². The van der Waals surface area contributed by atoms with Crippen molar-refractivity contribution in [1.82, 2.24) is 15.5 Å². The van der Waals surface area contributed by atoms with E-state index in [2.05, 4.69) is 32.0 Å². The van der Waals surface area contributed by atoms with Crippen LogP contribution in [0.5, 0.6) is 0 Å². The topological polar surface area (TPSA) is 42.9 Å². The van der Waals surface area contributed by atoms with Gasteiger partial charge in [0.15, 0.2) is 5.96 Å². The van der Waals surface area contributed by atoms with E-state index in [4.69, 9.17) is 0 Å². The van der Waals surface area contributed by atoms with E-state index in [1.165, 1.54) is 28.6 Å². The predicted molar refractivity (Wildman–Crippen MR) is 130 cm³/mol. The zero-order chi connectivity index (χ0) is 20.2. The third-order valence-corrected chi connectivity index (χ3v) is 6.64. The Morgan fingerprint density at radius 2 is 2.03 bits per heavy atom. The van der Waals surface area contributed by atoms with Gasteiger partial charge in [0.2, 0.25) is 0 Å². The minimum absolute atomic E-state index is 0. The molecule has 4 rings (SSSR count). The first kappa shape index (κ1) is 23.2. The normalized spacial score (nSPS) is 19.4. The van der Waals surface area contributed by atoms with E-state index in [1.54, 1.807) is 11.9 Å². The number of aliphatic imine (C=N–C) groups is 1. The van der Waals surface area contributed by atoms with Crippen molar-refractivity contribution < 1.29 is 8.78 Å². The number of hydrogen-bond acceptors (Lipinski definition) is 4. The first-order valence-electron chi connectivity index (χ1n) is 10.1. The van der Waals surface area contributed by atoms with Crippen molar-refractivity contribution in [3.63, 3.8) is 0 Å². The molecule has 0 spiro atoms. The number of thiophene rings is 1. The smallest absolute Gasteiger partial charge is 0.191 e. The summed E-state index contributed by atoms with van der Waals surface area (Å²) in [6, 6.07) is 6.33. The van der Waals surface area contributed by atoms with Gasteiger partial charge in [-0.25, -0.2) is 8.78 Å². The van der Waals surface area contributed by atoms with Gasteiger partial charge in [0.05, 0.1) is 0 Å². The molecule has 3 heterocycles. The van der Waals surface area contributed by atoms with Crippen LogP contribution >= 0.6 is 35.3 Å². The maximum atomic E-state index is 14.0. The van der Waals surface area contributed by atoms with Crippen LogP contribution in [-0.2, 0) is 13.0 Å². The number of nitrogens with zero attached hydrogens (tertiary/aromatic N) is 3. The van der Waals surface area contributed by atoms with Crippen molar-refractivity contribution >= 4 is 47.0 Å². The molecule has 2 N–H and O–H groups in total. The molecule has 1 atom stereocenters. The van der Waals surface area contributed by atoms with Gasteiger partial charge in [-0.1, -0.05) is 6.07 Å². The lowest BCUT2D eigenvalue weighted by atomic mass is 10.1. The lowest BCUT2D eigenvalue weighted by Crippen LogP contribution is -2.47. The van der Waals surface area contributed by atoms with Gasteiger partial charge in [-0.05, 0) is 42.0 Å². The Balaban J connectivity index is 0.00000256. The molecule has 1 fully saturated rings. The molecule has 1 saturated heterocycles. The zero-order valence-electron chi connectivity index (χ0n) is 17.0. The van der Waals surface area contributed by atoms with Crippen molar-refractivity contribution in [3.05, 3.63) is 51.7 Å². The molecular formula is C21H28F2IN5S. The van der Waals surface area contributed by atoms with E-state index >= 15 is 0 Å². The van der Waals surface area contributed by atoms with Crippen LogP contribution < -0.4 is 15.5 Å². The second-order valence-electron chi connectivity index (χ2n) is 7.54. The fraction of sp³-hybridized carbons (Fsp3) is 0.476. The number of guanidine groups is 1. The predicted octanol–water partition coefficient (Wildman–Crippen LogP) is 3.45. The van der Waals surface area contributed by atoms with Gasteiger partial charge in [0, 0.05) is 57.2 Å². The Bertz CT molecular complexity index is 855. The van der Waals surface area contributed by atoms with Crippen LogP contribution in [0.1, 0.15) is 16.9 Å². The summed E-state index contributed by atoms with van der Waals surface area (Å²) >= 11 is 1.86. The second kappa shape index (κ2) is 10.7. The molecule has 9 heteroatoms. The molecule has 0 amide bonds. The van der Waals surface area contributed by atoms with Crippen LogP contribution in [0.4, 0.5) is 14.5 Å². The van der Waals surface area contributed by atoms with Gasteiger partial charge in [-0.2, -0.15) is 0 Å². The highest BCUT2D eigenvalue weighted by atomic mass is 127. The fourth-order valence-corrected chi connectivity index (χ4v) is 4.98. The molecular weight excluding hydrogens is 519 g/mol. The van der Waals surface area contributed by atoms with Gasteiger partial charge in [-0.15, -0.1) is 35.3 Å². The molecule has 2 aliphatic rings. The molecule has 164 valence electrons. The minimum atomic E-state index is -0.511. The second-order valence-corrected chi connectivity index (χ2v) is 8.54. The van der Waals surface area contributed by atoms with E-state index < -0.39 is 11.6 Å². The number of hydrogen-bond donors (Lipinski definition) is 2. The Morgan fingerprint density at radius 1 is 1.23 bits per heavy atom. The van der Waals surface area contributed by atoms with Crippen molar-refractivity contribution in [2.45, 2.75) is 25.4 Å². The average molecular weight is 547 g/mol. The zero-order valence-corrected chi connectivity index (χ0v) is 20.2. The monoisotopic (exact) mass is 547 g/mol. The van der Waals surface area contributed by atoms with Crippen molar-refractivity contribution in [3.8, 4) is 0 Å². The number of rotatable bonds is 5. The molecule has 5 nitrogen and oxygen atoms in total. The molecule has 0 bridgehead atoms. The van der Waals surface area contributed by atoms with Crippen molar-refractivity contribution in [1.29, 1.82) is 0 Å². The number of anilines is 1. The number of halogens is 3. The molecule has 1 unspecified atom stereocenters. The quantitative estimate of drug-likeness (QED) is 0.342. The molecule has 0 aliphatic carbocycles. The summed E-state index contributed by atoms with van der Waals surface area (Å²) in [5.41, 5.74) is 1.52. The Kier molecular flexibility index (Phi) is 8.29. The van der Waals surface area contributed by atoms with E-state index in [-0.39, 0.29) is 35.7 Å². The van der Waals surface area contributed by atoms with E-state index in [0.717, 1.165) is 45.0 Å². The Labute approximate surface area is 197 Å². The highest BCUT2D eigenvalue weighted by Gasteiger charge is 2.27. The fourth-order valence-electron chi connectivity index (χ4n) is 4.09. The summed E-state index contributed by atoms with van der Waals surface area (Å²) in [5.74, 6) is -0.286. The molecule has 1 aromatic carbocycles. The highest BCUT2D eigenvalue weighted by molar-refractivity contribution is 14.0. The first-order valence-corrected chi connectivity index (χ1v) is 11.0. The SMILES string of the molecule is CN=C(NCCN1CCc2sccc2C1)NC1CCN(c2c(F)cccc2F)C1.I. The van der Waals surface area contributed by atoms with Crippen molar-refractivity contribution in [2.24, 2.45) is 4.99 Å². The summed E-state index contributed by atoms with van der Waals surface area (Å²) in [5, 5.41) is 8.94. The van der Waals surface area contributed by atoms with Crippen molar-refractivity contribution in [2.75, 3.05) is 44.7 Å². The molecule has 30 heavy (non-hydrogen) atoms. The number of benzene rings is 1. The lowest BCUT2D eigenvalue weighted by molar-refractivity contribution is 0.260. The van der Waals surface area contributed by atoms with Gasteiger partial charge in [0.1, 0.15) is 17.3 Å². The standard InChI is InChI=1S/C21H27F2N5S.HI/c1-24-21(25-8-11-27-9-6-19-15(13-27)7-12-29-19)26-16-5-10-28(14-16)20-17(22)3-2-4-18(20)23;/h2-4,7,12,16H,5-6,8-11,13-14H2,1H3,(H2,24,25,26);1H. The Morgan fingerprint density at radius 3 is 2.80 bits per heavy atom. The summed E-state index contributed by atoms with van der Waals surface area (Å²) in [7, 11) is 1.75. The van der Waals surface area contributed by atoms with Gasteiger partial charge in [-0.3, -0.25) is 9.89 Å². The van der Waals surface area contributed by atoms with Crippen LogP contribution in [0, 0.1) is 11.6 Å². The molecule has 0 radical (unpaired) electrons. The van der Waals surface area contributed by atoms with Gasteiger partial charge < -0.3 is 15.5 Å². The molecule has 0 saturated carbocycles. The van der Waals surface area contributed by atoms with E-state index in [1.807, 2.05) is 11.3 Å². The number of para-hydroxylation sites is 1. The van der Waals surface area contributed by atoms with E-state index in [0.29, 0.717) is 13.1 Å². The highest BCUT2D eigenvalue weighted by Crippen LogP contribution is 2.27. The number of fused-ring (bicyclic) bond motifs is 1. The summed E-state index contributed by atoms with van der Waals surface area (Å²) in [4.78, 5) is 10.0. The first-order chi connectivity index (χ1) is 14.1. The Hall–Kier alpha value is -1.46. The van der Waals surface area contributed by atoms with E-state index in [9.17, 15) is 8.78 Å².